The summed E-state index contributed by atoms with van der Waals surface area (Å²) in [7, 11) is 0. The van der Waals surface area contributed by atoms with Crippen LogP contribution in [0.2, 0.25) is 0 Å². The van der Waals surface area contributed by atoms with Gasteiger partial charge in [0.1, 0.15) is 4.83 Å². The maximum Gasteiger partial charge on any atom is 0.263 e. The topological polar surface area (TPSA) is 34.9 Å². The Balaban J connectivity index is 2.09. The molecule has 0 unspecified atom stereocenters. The zero-order chi connectivity index (χ0) is 15.3. The maximum absolute atomic E-state index is 12.9. The molecule has 2 heterocycles. The summed E-state index contributed by atoms with van der Waals surface area (Å²) in [6.45, 7) is 2.67. The predicted octanol–water partition coefficient (Wildman–Crippen LogP) is 3.97. The van der Waals surface area contributed by atoms with E-state index in [1.807, 2.05) is 13.2 Å². The second-order valence-corrected chi connectivity index (χ2v) is 7.17. The van der Waals surface area contributed by atoms with Gasteiger partial charge in [0, 0.05) is 11.4 Å². The van der Waals surface area contributed by atoms with Crippen molar-refractivity contribution in [1.82, 2.24) is 9.55 Å². The van der Waals surface area contributed by atoms with Gasteiger partial charge in [0.2, 0.25) is 0 Å². The van der Waals surface area contributed by atoms with Gasteiger partial charge in [-0.1, -0.05) is 36.0 Å². The minimum atomic E-state index is 0.119. The van der Waals surface area contributed by atoms with Crippen LogP contribution in [0, 0.1) is 0 Å². The number of thiophene rings is 1. The van der Waals surface area contributed by atoms with Gasteiger partial charge in [-0.15, -0.1) is 11.3 Å². The molecule has 0 bridgehead atoms. The minimum Gasteiger partial charge on any atom is -0.287 e. The van der Waals surface area contributed by atoms with Crippen molar-refractivity contribution in [2.45, 2.75) is 31.5 Å². The van der Waals surface area contributed by atoms with Crippen molar-refractivity contribution in [3.63, 3.8) is 0 Å². The molecule has 0 fully saturated rings. The fraction of sp³-hybridized carbons (Fsp3) is 0.294. The number of rotatable bonds is 2. The molecular weight excluding hydrogens is 312 g/mol. The van der Waals surface area contributed by atoms with Crippen molar-refractivity contribution >= 4 is 33.3 Å². The summed E-state index contributed by atoms with van der Waals surface area (Å²) in [5, 5.41) is 1.65. The SMILES string of the molecule is CCn1c(SC)nc2sc3c(c2c1=O)CCc1ccccc1-3. The van der Waals surface area contributed by atoms with Crippen LogP contribution in [0.15, 0.2) is 34.2 Å². The van der Waals surface area contributed by atoms with Gasteiger partial charge in [-0.05, 0) is 42.7 Å². The molecule has 1 aliphatic rings. The van der Waals surface area contributed by atoms with Gasteiger partial charge in [-0.3, -0.25) is 9.36 Å². The highest BCUT2D eigenvalue weighted by Crippen LogP contribution is 2.42. The summed E-state index contributed by atoms with van der Waals surface area (Å²) in [6.07, 6.45) is 3.92. The first kappa shape index (κ1) is 14.0. The van der Waals surface area contributed by atoms with Crippen LogP contribution in [-0.2, 0) is 19.4 Å². The molecule has 112 valence electrons. The second-order valence-electron chi connectivity index (χ2n) is 5.39. The van der Waals surface area contributed by atoms with E-state index in [2.05, 4.69) is 24.3 Å². The quantitative estimate of drug-likeness (QED) is 0.527. The summed E-state index contributed by atoms with van der Waals surface area (Å²) in [5.74, 6) is 0. The Morgan fingerprint density at radius 1 is 1.32 bits per heavy atom. The van der Waals surface area contributed by atoms with Crippen LogP contribution in [0.25, 0.3) is 20.7 Å². The lowest BCUT2D eigenvalue weighted by molar-refractivity contribution is 0.635. The Morgan fingerprint density at radius 3 is 2.91 bits per heavy atom. The molecule has 3 nitrogen and oxygen atoms in total. The van der Waals surface area contributed by atoms with E-state index in [9.17, 15) is 4.79 Å². The van der Waals surface area contributed by atoms with Crippen LogP contribution in [0.4, 0.5) is 0 Å². The van der Waals surface area contributed by atoms with E-state index in [-0.39, 0.29) is 5.56 Å². The van der Waals surface area contributed by atoms with Gasteiger partial charge < -0.3 is 0 Å². The molecule has 5 heteroatoms. The first-order valence-electron chi connectivity index (χ1n) is 7.43. The lowest BCUT2D eigenvalue weighted by Gasteiger charge is -2.16. The Hall–Kier alpha value is -1.59. The van der Waals surface area contributed by atoms with Crippen molar-refractivity contribution in [2.24, 2.45) is 0 Å². The zero-order valence-electron chi connectivity index (χ0n) is 12.5. The number of thioether (sulfide) groups is 1. The van der Waals surface area contributed by atoms with E-state index in [1.165, 1.54) is 33.3 Å². The number of benzene rings is 1. The van der Waals surface area contributed by atoms with Crippen LogP contribution in [0.3, 0.4) is 0 Å². The van der Waals surface area contributed by atoms with Crippen molar-refractivity contribution in [1.29, 1.82) is 0 Å². The standard InChI is InChI=1S/C17H16N2OS2/c1-3-19-16(20)13-12-9-8-10-6-4-5-7-11(10)14(12)22-15(13)18-17(19)21-2/h4-7H,3,8-9H2,1-2H3. The van der Waals surface area contributed by atoms with Crippen LogP contribution in [0.1, 0.15) is 18.1 Å². The molecule has 0 amide bonds. The molecule has 22 heavy (non-hydrogen) atoms. The highest BCUT2D eigenvalue weighted by atomic mass is 32.2. The molecule has 3 aromatic rings. The molecule has 0 radical (unpaired) electrons. The van der Waals surface area contributed by atoms with Gasteiger partial charge in [0.15, 0.2) is 5.16 Å². The van der Waals surface area contributed by atoms with Crippen molar-refractivity contribution in [2.75, 3.05) is 6.26 Å². The van der Waals surface area contributed by atoms with Crippen LogP contribution < -0.4 is 5.56 Å². The second kappa shape index (κ2) is 5.25. The molecule has 0 N–H and O–H groups in total. The van der Waals surface area contributed by atoms with Crippen LogP contribution in [-0.4, -0.2) is 15.8 Å². The number of hydrogen-bond donors (Lipinski definition) is 0. The van der Waals surface area contributed by atoms with Gasteiger partial charge in [-0.25, -0.2) is 4.98 Å². The monoisotopic (exact) mass is 328 g/mol. The third-order valence-electron chi connectivity index (χ3n) is 4.28. The Bertz CT molecular complexity index is 940. The van der Waals surface area contributed by atoms with Gasteiger partial charge in [-0.2, -0.15) is 0 Å². The summed E-state index contributed by atoms with van der Waals surface area (Å²) in [4.78, 5) is 19.8. The molecule has 1 aromatic carbocycles. The van der Waals surface area contributed by atoms with Crippen LogP contribution in [0.5, 0.6) is 0 Å². The third-order valence-corrected chi connectivity index (χ3v) is 6.12. The zero-order valence-corrected chi connectivity index (χ0v) is 14.2. The van der Waals surface area contributed by atoms with E-state index in [0.717, 1.165) is 28.2 Å². The Kier molecular flexibility index (Phi) is 3.35. The first-order valence-corrected chi connectivity index (χ1v) is 9.47. The average molecular weight is 328 g/mol. The lowest BCUT2D eigenvalue weighted by Crippen LogP contribution is -2.22. The van der Waals surface area contributed by atoms with Gasteiger partial charge in [0.05, 0.1) is 5.39 Å². The summed E-state index contributed by atoms with van der Waals surface area (Å²) in [6, 6.07) is 8.51. The molecule has 0 spiro atoms. The lowest BCUT2D eigenvalue weighted by atomic mass is 9.90. The molecule has 0 atom stereocenters. The highest BCUT2D eigenvalue weighted by molar-refractivity contribution is 7.98. The number of nitrogens with zero attached hydrogens (tertiary/aromatic N) is 2. The average Bonchev–Trinajstić information content (AvgIpc) is 2.93. The smallest absolute Gasteiger partial charge is 0.263 e. The Morgan fingerprint density at radius 2 is 2.14 bits per heavy atom. The van der Waals surface area contributed by atoms with Crippen LogP contribution >= 0.6 is 23.1 Å². The number of hydrogen-bond acceptors (Lipinski definition) is 4. The fourth-order valence-corrected chi connectivity index (χ4v) is 5.18. The van der Waals surface area contributed by atoms with E-state index in [0.29, 0.717) is 6.54 Å². The highest BCUT2D eigenvalue weighted by Gasteiger charge is 2.24. The number of fused-ring (bicyclic) bond motifs is 5. The third kappa shape index (κ3) is 1.88. The molecule has 1 aliphatic carbocycles. The number of aryl methyl sites for hydroxylation is 2. The summed E-state index contributed by atoms with van der Waals surface area (Å²) < 4.78 is 1.79. The maximum atomic E-state index is 12.9. The Labute approximate surface area is 137 Å². The number of aromatic nitrogens is 2. The van der Waals surface area contributed by atoms with E-state index < -0.39 is 0 Å². The molecule has 0 aliphatic heterocycles. The van der Waals surface area contributed by atoms with Crippen molar-refractivity contribution < 1.29 is 0 Å². The van der Waals surface area contributed by atoms with E-state index in [1.54, 1.807) is 15.9 Å². The van der Waals surface area contributed by atoms with E-state index in [4.69, 9.17) is 4.98 Å². The van der Waals surface area contributed by atoms with Crippen molar-refractivity contribution in [3.8, 4) is 10.4 Å². The first-order chi connectivity index (χ1) is 10.7. The summed E-state index contributed by atoms with van der Waals surface area (Å²) >= 11 is 3.21. The normalized spacial score (nSPS) is 13.2. The van der Waals surface area contributed by atoms with E-state index >= 15 is 0 Å². The fourth-order valence-electron chi connectivity index (χ4n) is 3.23. The van der Waals surface area contributed by atoms with Gasteiger partial charge >= 0.3 is 0 Å². The van der Waals surface area contributed by atoms with Crippen molar-refractivity contribution in [3.05, 3.63) is 45.7 Å². The molecule has 2 aromatic heterocycles. The molecular formula is C17H16N2OS2. The molecule has 4 rings (SSSR count). The predicted molar refractivity (Wildman–Crippen MR) is 94.2 cm³/mol. The molecule has 0 saturated carbocycles. The molecule has 0 saturated heterocycles. The largest absolute Gasteiger partial charge is 0.287 e. The van der Waals surface area contributed by atoms with Gasteiger partial charge in [0.25, 0.3) is 5.56 Å². The minimum absolute atomic E-state index is 0.119. The summed E-state index contributed by atoms with van der Waals surface area (Å²) in [5.41, 5.74) is 3.97.